The number of nitrogens with zero attached hydrogens (tertiary/aromatic N) is 1. The molecule has 8 aromatic carbocycles. The van der Waals surface area contributed by atoms with E-state index in [1.807, 2.05) is 12.1 Å². The largest absolute Gasteiger partial charge is 0.456 e. The molecule has 2 nitrogen and oxygen atoms in total. The van der Waals surface area contributed by atoms with Crippen molar-refractivity contribution in [3.05, 3.63) is 212 Å². The van der Waals surface area contributed by atoms with Gasteiger partial charge in [0.1, 0.15) is 11.3 Å². The molecule has 0 atom stereocenters. The zero-order chi connectivity index (χ0) is 35.6. The minimum atomic E-state index is 0.923. The van der Waals surface area contributed by atoms with Gasteiger partial charge in [0.05, 0.1) is 0 Å². The van der Waals surface area contributed by atoms with Crippen LogP contribution in [0, 0.1) is 6.92 Å². The highest BCUT2D eigenvalue weighted by Crippen LogP contribution is 2.38. The van der Waals surface area contributed by atoms with Crippen LogP contribution in [0.1, 0.15) is 5.56 Å². The highest BCUT2D eigenvalue weighted by molar-refractivity contribution is 5.88. The van der Waals surface area contributed by atoms with Crippen LogP contribution in [0.5, 0.6) is 0 Å². The molecule has 0 saturated carbocycles. The van der Waals surface area contributed by atoms with Gasteiger partial charge in [-0.15, -0.1) is 0 Å². The molecule has 0 N–H and O–H groups in total. The summed E-state index contributed by atoms with van der Waals surface area (Å²) in [4.78, 5) is 2.31. The summed E-state index contributed by atoms with van der Waals surface area (Å²) in [6, 6.07) is 73.3. The van der Waals surface area contributed by atoms with E-state index in [0.29, 0.717) is 0 Å². The first-order valence-electron chi connectivity index (χ1n) is 18.1. The summed E-state index contributed by atoms with van der Waals surface area (Å²) >= 11 is 0. The summed E-state index contributed by atoms with van der Waals surface area (Å²) < 4.78 is 6.27. The molecule has 0 radical (unpaired) electrons. The van der Waals surface area contributed by atoms with Gasteiger partial charge in [-0.3, -0.25) is 0 Å². The van der Waals surface area contributed by atoms with Crippen molar-refractivity contribution in [2.75, 3.05) is 4.90 Å². The topological polar surface area (TPSA) is 16.4 Å². The average Bonchev–Trinajstić information content (AvgIpc) is 3.58. The molecule has 0 aliphatic carbocycles. The molecule has 0 bridgehead atoms. The second-order valence-electron chi connectivity index (χ2n) is 13.4. The Hall–Kier alpha value is -6.90. The summed E-state index contributed by atoms with van der Waals surface area (Å²) in [7, 11) is 0. The first-order valence-corrected chi connectivity index (χ1v) is 18.1. The summed E-state index contributed by atoms with van der Waals surface area (Å²) in [5.41, 5.74) is 16.0. The van der Waals surface area contributed by atoms with Crippen LogP contribution in [0.25, 0.3) is 66.8 Å². The van der Waals surface area contributed by atoms with Gasteiger partial charge in [0.25, 0.3) is 0 Å². The zero-order valence-electron chi connectivity index (χ0n) is 29.5. The van der Waals surface area contributed by atoms with Gasteiger partial charge in [0.15, 0.2) is 0 Å². The lowest BCUT2D eigenvalue weighted by Gasteiger charge is -2.26. The summed E-state index contributed by atoms with van der Waals surface area (Å²) in [5.74, 6) is 0.930. The Morgan fingerprint density at radius 2 is 0.698 bits per heavy atom. The van der Waals surface area contributed by atoms with Crippen molar-refractivity contribution < 1.29 is 4.42 Å². The van der Waals surface area contributed by atoms with Gasteiger partial charge in [-0.05, 0) is 100.0 Å². The number of furan rings is 1. The summed E-state index contributed by atoms with van der Waals surface area (Å²) in [5, 5.41) is 1.16. The number of hydrogen-bond donors (Lipinski definition) is 0. The van der Waals surface area contributed by atoms with Crippen molar-refractivity contribution in [2.24, 2.45) is 0 Å². The van der Waals surface area contributed by atoms with Gasteiger partial charge >= 0.3 is 0 Å². The van der Waals surface area contributed by atoms with E-state index < -0.39 is 0 Å². The van der Waals surface area contributed by atoms with Crippen LogP contribution < -0.4 is 4.90 Å². The predicted octanol–water partition coefficient (Wildman–Crippen LogP) is 14.5. The quantitative estimate of drug-likeness (QED) is 0.159. The van der Waals surface area contributed by atoms with E-state index >= 15 is 0 Å². The fourth-order valence-electron chi connectivity index (χ4n) is 7.26. The molecule has 0 fully saturated rings. The Bertz CT molecular complexity index is 2620. The van der Waals surface area contributed by atoms with Gasteiger partial charge in [0, 0.05) is 33.6 Å². The number of anilines is 3. The fraction of sp³-hybridized carbons (Fsp3) is 0.0196. The van der Waals surface area contributed by atoms with Crippen molar-refractivity contribution in [3.63, 3.8) is 0 Å². The molecular weight excluding hydrogens is 643 g/mol. The lowest BCUT2D eigenvalue weighted by atomic mass is 9.97. The fourth-order valence-corrected chi connectivity index (χ4v) is 7.26. The maximum atomic E-state index is 6.27. The second-order valence-corrected chi connectivity index (χ2v) is 13.4. The van der Waals surface area contributed by atoms with Gasteiger partial charge in [-0.25, -0.2) is 0 Å². The number of rotatable bonds is 8. The third-order valence-electron chi connectivity index (χ3n) is 10.1. The molecule has 0 spiro atoms. The van der Waals surface area contributed by atoms with E-state index in [1.165, 1.54) is 44.5 Å². The summed E-state index contributed by atoms with van der Waals surface area (Å²) in [6.45, 7) is 2.13. The molecule has 1 aromatic heterocycles. The highest BCUT2D eigenvalue weighted by atomic mass is 16.3. The van der Waals surface area contributed by atoms with E-state index in [0.717, 1.165) is 44.9 Å². The van der Waals surface area contributed by atoms with E-state index in [-0.39, 0.29) is 0 Å². The van der Waals surface area contributed by atoms with Crippen molar-refractivity contribution >= 4 is 28.0 Å². The third-order valence-corrected chi connectivity index (χ3v) is 10.1. The average molecular weight is 680 g/mol. The van der Waals surface area contributed by atoms with Crippen LogP contribution in [0.2, 0.25) is 0 Å². The monoisotopic (exact) mass is 679 g/mol. The van der Waals surface area contributed by atoms with Crippen LogP contribution in [0.15, 0.2) is 211 Å². The Morgan fingerprint density at radius 3 is 1.23 bits per heavy atom. The van der Waals surface area contributed by atoms with E-state index in [4.69, 9.17) is 4.42 Å². The smallest absolute Gasteiger partial charge is 0.138 e. The lowest BCUT2D eigenvalue weighted by molar-refractivity contribution is 0.629. The lowest BCUT2D eigenvalue weighted by Crippen LogP contribution is -2.09. The molecule has 0 saturated heterocycles. The molecule has 2 heteroatoms. The molecule has 0 aliphatic heterocycles. The first kappa shape index (κ1) is 32.0. The molecule has 53 heavy (non-hydrogen) atoms. The van der Waals surface area contributed by atoms with Crippen LogP contribution in [0.4, 0.5) is 17.1 Å². The minimum absolute atomic E-state index is 0.923. The predicted molar refractivity (Wildman–Crippen MR) is 223 cm³/mol. The van der Waals surface area contributed by atoms with Crippen LogP contribution in [-0.4, -0.2) is 0 Å². The SMILES string of the molecule is Cc1c(-c2cccc(-c3ccc(-c4ccc(N(c5ccccc5)c5ccc(-c6ccc(-c7ccccc7)cc6)cc5)cc4)cc3)c2)oc2ccccc12. The second kappa shape index (κ2) is 14.0. The molecule has 0 amide bonds. The number of para-hydroxylation sites is 2. The van der Waals surface area contributed by atoms with Gasteiger partial charge < -0.3 is 9.32 Å². The molecule has 252 valence electrons. The van der Waals surface area contributed by atoms with Crippen molar-refractivity contribution in [2.45, 2.75) is 6.92 Å². The number of aryl methyl sites for hydroxylation is 1. The van der Waals surface area contributed by atoms with Gasteiger partial charge in [0.2, 0.25) is 0 Å². The molecular formula is C51H37NO. The van der Waals surface area contributed by atoms with Crippen molar-refractivity contribution in [1.82, 2.24) is 0 Å². The minimum Gasteiger partial charge on any atom is -0.456 e. The van der Waals surface area contributed by atoms with Crippen LogP contribution in [-0.2, 0) is 0 Å². The molecule has 1 heterocycles. The van der Waals surface area contributed by atoms with Crippen molar-refractivity contribution in [3.8, 4) is 55.8 Å². The third kappa shape index (κ3) is 6.44. The van der Waals surface area contributed by atoms with E-state index in [1.54, 1.807) is 0 Å². The Balaban J connectivity index is 0.958. The Labute approximate surface area is 310 Å². The normalized spacial score (nSPS) is 11.1. The van der Waals surface area contributed by atoms with Crippen LogP contribution in [0.3, 0.4) is 0 Å². The molecule has 0 unspecified atom stereocenters. The Morgan fingerprint density at radius 1 is 0.321 bits per heavy atom. The zero-order valence-corrected chi connectivity index (χ0v) is 29.5. The highest BCUT2D eigenvalue weighted by Gasteiger charge is 2.15. The standard InChI is InChI=1S/C51H37NO/c1-36-49-17-8-9-18-50(49)53-51(36)45-14-10-13-44(35-45)43-25-23-40(24-26-43)42-29-33-48(34-30-42)52(46-15-6-3-7-16-46)47-31-27-41(28-32-47)39-21-19-38(20-22-39)37-11-4-2-5-12-37/h2-35H,1H3. The molecule has 9 aromatic rings. The van der Waals surface area contributed by atoms with Gasteiger partial charge in [-0.1, -0.05) is 158 Å². The van der Waals surface area contributed by atoms with Gasteiger partial charge in [-0.2, -0.15) is 0 Å². The Kier molecular flexibility index (Phi) is 8.47. The molecule has 0 aliphatic rings. The number of hydrogen-bond acceptors (Lipinski definition) is 2. The number of benzene rings is 8. The maximum absolute atomic E-state index is 6.27. The summed E-state index contributed by atoms with van der Waals surface area (Å²) in [6.07, 6.45) is 0. The maximum Gasteiger partial charge on any atom is 0.138 e. The van der Waals surface area contributed by atoms with Crippen molar-refractivity contribution in [1.29, 1.82) is 0 Å². The first-order chi connectivity index (χ1) is 26.2. The van der Waals surface area contributed by atoms with E-state index in [9.17, 15) is 0 Å². The number of fused-ring (bicyclic) bond motifs is 1. The van der Waals surface area contributed by atoms with E-state index in [2.05, 4.69) is 206 Å². The van der Waals surface area contributed by atoms with Crippen LogP contribution >= 0.6 is 0 Å². The molecule has 9 rings (SSSR count).